The Morgan fingerprint density at radius 1 is 1.15 bits per heavy atom. The second kappa shape index (κ2) is 9.57. The molecule has 1 aliphatic rings. The van der Waals surface area contributed by atoms with Crippen molar-refractivity contribution in [2.45, 2.75) is 14.7 Å². The van der Waals surface area contributed by atoms with Gasteiger partial charge in [-0.25, -0.2) is 13.1 Å². The maximum Gasteiger partial charge on any atom is 0.252 e. The first-order valence-corrected chi connectivity index (χ1v) is 10.6. The summed E-state index contributed by atoms with van der Waals surface area (Å²) in [5, 5.41) is 6.17. The van der Waals surface area contributed by atoms with E-state index in [0.717, 1.165) is 22.9 Å². The van der Waals surface area contributed by atoms with Crippen LogP contribution in [0.25, 0.3) is 0 Å². The van der Waals surface area contributed by atoms with Crippen LogP contribution in [0, 0.1) is 5.92 Å². The second-order valence-electron chi connectivity index (χ2n) is 6.01. The average molecular weight is 428 g/mol. The molecule has 0 atom stereocenters. The van der Waals surface area contributed by atoms with Crippen LogP contribution >= 0.6 is 24.2 Å². The van der Waals surface area contributed by atoms with E-state index < -0.39 is 10.0 Å². The first kappa shape index (κ1) is 21.7. The molecule has 0 bridgehead atoms. The predicted octanol–water partition coefficient (Wildman–Crippen LogP) is 2.12. The van der Waals surface area contributed by atoms with E-state index in [1.807, 2.05) is 18.2 Å². The van der Waals surface area contributed by atoms with Gasteiger partial charge in [0, 0.05) is 35.3 Å². The van der Waals surface area contributed by atoms with Crippen molar-refractivity contribution in [3.63, 3.8) is 0 Å². The molecule has 1 aliphatic heterocycles. The highest BCUT2D eigenvalue weighted by Crippen LogP contribution is 2.31. The van der Waals surface area contributed by atoms with Gasteiger partial charge < -0.3 is 10.6 Å². The number of sulfonamides is 1. The van der Waals surface area contributed by atoms with E-state index in [-0.39, 0.29) is 23.2 Å². The lowest BCUT2D eigenvalue weighted by Crippen LogP contribution is -2.48. The molecule has 1 saturated heterocycles. The number of hydrogen-bond acceptors (Lipinski definition) is 5. The van der Waals surface area contributed by atoms with Crippen LogP contribution in [-0.2, 0) is 10.0 Å². The Hall–Kier alpha value is -1.58. The summed E-state index contributed by atoms with van der Waals surface area (Å²) in [6, 6.07) is 14.0. The van der Waals surface area contributed by atoms with Crippen molar-refractivity contribution in [1.82, 2.24) is 15.4 Å². The van der Waals surface area contributed by atoms with Gasteiger partial charge in [-0.1, -0.05) is 23.9 Å². The second-order valence-corrected chi connectivity index (χ2v) is 9.01. The summed E-state index contributed by atoms with van der Waals surface area (Å²) in [6.07, 6.45) is 0. The van der Waals surface area contributed by atoms with Crippen molar-refractivity contribution in [3.05, 3.63) is 54.1 Å². The number of carbonyl (C=O) groups is 1. The lowest BCUT2D eigenvalue weighted by atomic mass is 10.0. The standard InChI is InChI=1S/C18H21N3O3S2.ClH/c1-19-26(23,24)15-8-6-14(7-9-15)25-17-5-3-2-4-16(17)18(22)21-12-13-10-20-11-13;/h2-9,13,19-20H,10-12H2,1H3,(H,21,22);1H. The summed E-state index contributed by atoms with van der Waals surface area (Å²) >= 11 is 1.44. The van der Waals surface area contributed by atoms with Crippen LogP contribution in [0.15, 0.2) is 63.2 Å². The third-order valence-electron chi connectivity index (χ3n) is 4.18. The van der Waals surface area contributed by atoms with E-state index in [1.54, 1.807) is 30.3 Å². The van der Waals surface area contributed by atoms with Crippen molar-refractivity contribution in [3.8, 4) is 0 Å². The van der Waals surface area contributed by atoms with Gasteiger partial charge in [0.15, 0.2) is 0 Å². The van der Waals surface area contributed by atoms with Crippen LogP contribution in [0.4, 0.5) is 0 Å². The lowest BCUT2D eigenvalue weighted by molar-refractivity contribution is 0.0939. The van der Waals surface area contributed by atoms with Gasteiger partial charge in [0.05, 0.1) is 10.5 Å². The van der Waals surface area contributed by atoms with Crippen LogP contribution in [0.3, 0.4) is 0 Å². The highest BCUT2D eigenvalue weighted by atomic mass is 35.5. The predicted molar refractivity (Wildman–Crippen MR) is 109 cm³/mol. The Labute approximate surface area is 170 Å². The van der Waals surface area contributed by atoms with Gasteiger partial charge in [-0.15, -0.1) is 12.4 Å². The molecule has 3 N–H and O–H groups in total. The number of amides is 1. The summed E-state index contributed by atoms with van der Waals surface area (Å²) < 4.78 is 25.9. The Balaban J connectivity index is 0.00000261. The normalized spacial score (nSPS) is 14.1. The summed E-state index contributed by atoms with van der Waals surface area (Å²) in [6.45, 7) is 2.55. The molecule has 1 fully saturated rings. The van der Waals surface area contributed by atoms with Gasteiger partial charge in [0.1, 0.15) is 0 Å². The number of rotatable bonds is 7. The van der Waals surface area contributed by atoms with Crippen molar-refractivity contribution >= 4 is 40.1 Å². The quantitative estimate of drug-likeness (QED) is 0.630. The van der Waals surface area contributed by atoms with Crippen molar-refractivity contribution in [2.24, 2.45) is 5.92 Å². The maximum absolute atomic E-state index is 12.5. The van der Waals surface area contributed by atoms with Gasteiger partial charge in [-0.05, 0) is 43.4 Å². The van der Waals surface area contributed by atoms with E-state index in [2.05, 4.69) is 15.4 Å². The monoisotopic (exact) mass is 427 g/mol. The van der Waals surface area contributed by atoms with Crippen LogP contribution in [0.1, 0.15) is 10.4 Å². The third kappa shape index (κ3) is 5.46. The first-order chi connectivity index (χ1) is 12.5. The molecule has 0 radical (unpaired) electrons. The molecule has 146 valence electrons. The summed E-state index contributed by atoms with van der Waals surface area (Å²) in [5.74, 6) is 0.412. The maximum atomic E-state index is 12.5. The molecule has 27 heavy (non-hydrogen) atoms. The molecule has 1 heterocycles. The zero-order valence-corrected chi connectivity index (χ0v) is 17.2. The van der Waals surface area contributed by atoms with Gasteiger partial charge in [-0.2, -0.15) is 0 Å². The highest BCUT2D eigenvalue weighted by molar-refractivity contribution is 7.99. The number of halogens is 1. The lowest BCUT2D eigenvalue weighted by Gasteiger charge is -2.27. The zero-order chi connectivity index (χ0) is 18.6. The zero-order valence-electron chi connectivity index (χ0n) is 14.8. The average Bonchev–Trinajstić information content (AvgIpc) is 2.61. The highest BCUT2D eigenvalue weighted by Gasteiger charge is 2.19. The SMILES string of the molecule is CNS(=O)(=O)c1ccc(Sc2ccccc2C(=O)NCC2CNC2)cc1.Cl. The summed E-state index contributed by atoms with van der Waals surface area (Å²) in [7, 11) is -2.07. The number of hydrogen-bond donors (Lipinski definition) is 3. The first-order valence-electron chi connectivity index (χ1n) is 8.29. The summed E-state index contributed by atoms with van der Waals surface area (Å²) in [5.41, 5.74) is 0.622. The molecule has 0 saturated carbocycles. The largest absolute Gasteiger partial charge is 0.352 e. The number of carbonyl (C=O) groups excluding carboxylic acids is 1. The molecule has 2 aromatic rings. The van der Waals surface area contributed by atoms with E-state index in [1.165, 1.54) is 18.8 Å². The van der Waals surface area contributed by atoms with Gasteiger partial charge in [0.25, 0.3) is 5.91 Å². The van der Waals surface area contributed by atoms with E-state index in [9.17, 15) is 13.2 Å². The molecule has 0 unspecified atom stereocenters. The topological polar surface area (TPSA) is 87.3 Å². The summed E-state index contributed by atoms with van der Waals surface area (Å²) in [4.78, 5) is 14.4. The van der Waals surface area contributed by atoms with Gasteiger partial charge >= 0.3 is 0 Å². The Morgan fingerprint density at radius 2 is 1.81 bits per heavy atom. The third-order valence-corrected chi connectivity index (χ3v) is 6.69. The Morgan fingerprint density at radius 3 is 2.41 bits per heavy atom. The fraction of sp³-hybridized carbons (Fsp3) is 0.278. The van der Waals surface area contributed by atoms with Crippen molar-refractivity contribution < 1.29 is 13.2 Å². The Kier molecular flexibility index (Phi) is 7.69. The molecule has 2 aromatic carbocycles. The molecule has 9 heteroatoms. The number of nitrogens with one attached hydrogen (secondary N) is 3. The van der Waals surface area contributed by atoms with Crippen LogP contribution in [-0.4, -0.2) is 41.0 Å². The van der Waals surface area contributed by atoms with Crippen LogP contribution in [0.5, 0.6) is 0 Å². The Bertz CT molecular complexity index is 885. The van der Waals surface area contributed by atoms with Crippen molar-refractivity contribution in [1.29, 1.82) is 0 Å². The molecular weight excluding hydrogens is 406 g/mol. The minimum Gasteiger partial charge on any atom is -0.352 e. The van der Waals surface area contributed by atoms with Gasteiger partial charge in [0.2, 0.25) is 10.0 Å². The molecular formula is C18H22ClN3O3S2. The molecule has 3 rings (SSSR count). The molecule has 0 spiro atoms. The van der Waals surface area contributed by atoms with E-state index >= 15 is 0 Å². The molecule has 1 amide bonds. The van der Waals surface area contributed by atoms with E-state index in [0.29, 0.717) is 18.0 Å². The molecule has 0 aromatic heterocycles. The number of benzene rings is 2. The van der Waals surface area contributed by atoms with Gasteiger partial charge in [-0.3, -0.25) is 4.79 Å². The molecule has 0 aliphatic carbocycles. The molecule has 6 nitrogen and oxygen atoms in total. The van der Waals surface area contributed by atoms with E-state index in [4.69, 9.17) is 0 Å². The smallest absolute Gasteiger partial charge is 0.252 e. The fourth-order valence-electron chi connectivity index (χ4n) is 2.50. The fourth-order valence-corrected chi connectivity index (χ4v) is 4.17. The minimum absolute atomic E-state index is 0. The van der Waals surface area contributed by atoms with Crippen molar-refractivity contribution in [2.75, 3.05) is 26.7 Å². The minimum atomic E-state index is -3.45. The van der Waals surface area contributed by atoms with Crippen LogP contribution in [0.2, 0.25) is 0 Å². The van der Waals surface area contributed by atoms with Crippen LogP contribution < -0.4 is 15.4 Å².